The molecule has 0 amide bonds. The van der Waals surface area contributed by atoms with Crippen LogP contribution in [-0.4, -0.2) is 16.5 Å². The van der Waals surface area contributed by atoms with Crippen LogP contribution in [0.4, 0.5) is 5.82 Å². The third-order valence-electron chi connectivity index (χ3n) is 1.04. The highest BCUT2D eigenvalue weighted by molar-refractivity contribution is 9.10. The zero-order valence-electron chi connectivity index (χ0n) is 5.83. The van der Waals surface area contributed by atoms with Crippen LogP contribution in [0.2, 0.25) is 5.15 Å². The normalized spacial score (nSPS) is 10.6. The maximum atomic E-state index is 8.21. The average Bonchev–Trinajstić information content (AvgIpc) is 2.07. The van der Waals surface area contributed by atoms with Crippen molar-refractivity contribution in [1.29, 1.82) is 0 Å². The molecular formula is C6H5BrClN3O. The van der Waals surface area contributed by atoms with Crippen molar-refractivity contribution < 1.29 is 5.21 Å². The number of pyridine rings is 1. The second kappa shape index (κ2) is 4.39. The van der Waals surface area contributed by atoms with Gasteiger partial charge in [-0.25, -0.2) is 9.98 Å². The van der Waals surface area contributed by atoms with Gasteiger partial charge in [0.05, 0.1) is 4.47 Å². The number of nitrogens with zero attached hydrogens (tertiary/aromatic N) is 2. The molecule has 6 heteroatoms. The monoisotopic (exact) mass is 249 g/mol. The lowest BCUT2D eigenvalue weighted by molar-refractivity contribution is 0.240. The summed E-state index contributed by atoms with van der Waals surface area (Å²) in [7, 11) is 0. The third kappa shape index (κ3) is 2.44. The number of halogens is 2. The summed E-state index contributed by atoms with van der Waals surface area (Å²) in [5.74, 6) is 0.407. The molecular weight excluding hydrogens is 245 g/mol. The van der Waals surface area contributed by atoms with Gasteiger partial charge in [-0.1, -0.05) is 11.6 Å². The number of hydrogen-bond acceptors (Lipinski definition) is 3. The molecule has 0 aliphatic rings. The summed E-state index contributed by atoms with van der Waals surface area (Å²) >= 11 is 8.82. The first-order valence-corrected chi connectivity index (χ1v) is 4.15. The van der Waals surface area contributed by atoms with E-state index in [9.17, 15) is 0 Å². The maximum absolute atomic E-state index is 8.21. The summed E-state index contributed by atoms with van der Waals surface area (Å²) < 4.78 is 0.707. The van der Waals surface area contributed by atoms with Gasteiger partial charge in [-0.05, 0) is 28.1 Å². The van der Waals surface area contributed by atoms with Gasteiger partial charge in [0.1, 0.15) is 11.5 Å². The van der Waals surface area contributed by atoms with Gasteiger partial charge >= 0.3 is 0 Å². The molecule has 0 spiro atoms. The highest BCUT2D eigenvalue weighted by Gasteiger charge is 1.98. The number of hydroxylamine groups is 1. The molecule has 4 nitrogen and oxygen atoms in total. The maximum Gasteiger partial charge on any atom is 0.169 e. The smallest absolute Gasteiger partial charge is 0.169 e. The van der Waals surface area contributed by atoms with Crippen LogP contribution in [0.15, 0.2) is 21.6 Å². The van der Waals surface area contributed by atoms with Gasteiger partial charge in [-0.2, -0.15) is 0 Å². The summed E-state index contributed by atoms with van der Waals surface area (Å²) in [6, 6.07) is 3.36. The van der Waals surface area contributed by atoms with Gasteiger partial charge in [0.25, 0.3) is 0 Å². The minimum Gasteiger partial charge on any atom is -0.290 e. The zero-order valence-corrected chi connectivity index (χ0v) is 8.17. The molecule has 2 N–H and O–H groups in total. The first-order chi connectivity index (χ1) is 5.74. The molecule has 0 saturated carbocycles. The molecule has 0 aliphatic carbocycles. The molecule has 1 aromatic heterocycles. The lowest BCUT2D eigenvalue weighted by Crippen LogP contribution is -2.01. The van der Waals surface area contributed by atoms with Gasteiger partial charge in [0.15, 0.2) is 5.82 Å². The van der Waals surface area contributed by atoms with Gasteiger partial charge in [-0.3, -0.25) is 10.7 Å². The van der Waals surface area contributed by atoms with E-state index in [-0.39, 0.29) is 0 Å². The predicted molar refractivity (Wildman–Crippen MR) is 50.0 cm³/mol. The van der Waals surface area contributed by atoms with E-state index in [4.69, 9.17) is 16.8 Å². The largest absolute Gasteiger partial charge is 0.290 e. The Morgan fingerprint density at radius 3 is 3.08 bits per heavy atom. The Kier molecular flexibility index (Phi) is 3.46. The van der Waals surface area contributed by atoms with Crippen molar-refractivity contribution in [1.82, 2.24) is 10.5 Å². The van der Waals surface area contributed by atoms with Gasteiger partial charge < -0.3 is 0 Å². The molecule has 0 atom stereocenters. The minimum atomic E-state index is 0.350. The van der Waals surface area contributed by atoms with Crippen LogP contribution in [0.25, 0.3) is 0 Å². The Hall–Kier alpha value is -0.650. The Morgan fingerprint density at radius 1 is 1.67 bits per heavy atom. The Bertz CT molecular complexity index is 305. The van der Waals surface area contributed by atoms with E-state index < -0.39 is 0 Å². The van der Waals surface area contributed by atoms with Crippen molar-refractivity contribution in [3.63, 3.8) is 0 Å². The van der Waals surface area contributed by atoms with E-state index in [1.807, 2.05) is 0 Å². The van der Waals surface area contributed by atoms with Crippen LogP contribution in [0.3, 0.4) is 0 Å². The van der Waals surface area contributed by atoms with Crippen LogP contribution in [0.5, 0.6) is 0 Å². The quantitative estimate of drug-likeness (QED) is 0.366. The highest BCUT2D eigenvalue weighted by Crippen LogP contribution is 2.23. The molecule has 0 aromatic carbocycles. The number of aromatic nitrogens is 1. The lowest BCUT2D eigenvalue weighted by atomic mass is 10.5. The molecule has 0 aliphatic heterocycles. The van der Waals surface area contributed by atoms with Gasteiger partial charge in [-0.15, -0.1) is 0 Å². The Balaban J connectivity index is 2.97. The fourth-order valence-corrected chi connectivity index (χ4v) is 1.06. The molecule has 64 valence electrons. The van der Waals surface area contributed by atoms with E-state index in [1.54, 1.807) is 17.6 Å². The van der Waals surface area contributed by atoms with Crippen molar-refractivity contribution in [2.75, 3.05) is 0 Å². The fraction of sp³-hybridized carbons (Fsp3) is 0. The van der Waals surface area contributed by atoms with Gasteiger partial charge in [0, 0.05) is 0 Å². The van der Waals surface area contributed by atoms with Crippen LogP contribution in [0.1, 0.15) is 0 Å². The fourth-order valence-electron chi connectivity index (χ4n) is 0.589. The summed E-state index contributed by atoms with van der Waals surface area (Å²) in [4.78, 5) is 7.64. The lowest BCUT2D eigenvalue weighted by Gasteiger charge is -1.96. The average molecular weight is 250 g/mol. The molecule has 0 bridgehead atoms. The van der Waals surface area contributed by atoms with Crippen LogP contribution in [0, 0.1) is 0 Å². The molecule has 1 rings (SSSR count). The van der Waals surface area contributed by atoms with E-state index >= 15 is 0 Å². The Labute approximate surface area is 82.4 Å². The molecule has 12 heavy (non-hydrogen) atoms. The van der Waals surface area contributed by atoms with Crippen LogP contribution in [-0.2, 0) is 0 Å². The number of hydrogen-bond donors (Lipinski definition) is 2. The number of rotatable bonds is 2. The summed E-state index contributed by atoms with van der Waals surface area (Å²) in [6.07, 6.45) is 1.10. The first kappa shape index (κ1) is 9.44. The summed E-state index contributed by atoms with van der Waals surface area (Å²) in [5, 5.41) is 8.56. The van der Waals surface area contributed by atoms with Gasteiger partial charge in [0.2, 0.25) is 0 Å². The first-order valence-electron chi connectivity index (χ1n) is 2.98. The molecule has 0 saturated heterocycles. The predicted octanol–water partition coefficient (Wildman–Crippen LogP) is 2.14. The molecule has 1 heterocycles. The molecule has 0 unspecified atom stereocenters. The number of nitrogens with one attached hydrogen (secondary N) is 1. The topological polar surface area (TPSA) is 57.5 Å². The summed E-state index contributed by atoms with van der Waals surface area (Å²) in [6.45, 7) is 0. The van der Waals surface area contributed by atoms with Crippen LogP contribution >= 0.6 is 27.5 Å². The van der Waals surface area contributed by atoms with Crippen molar-refractivity contribution in [3.8, 4) is 0 Å². The van der Waals surface area contributed by atoms with E-state index in [1.165, 1.54) is 0 Å². The zero-order chi connectivity index (χ0) is 8.97. The molecule has 0 radical (unpaired) electrons. The molecule has 0 fully saturated rings. The SMILES string of the molecule is ON/C=N/c1nc(Cl)ccc1Br. The minimum absolute atomic E-state index is 0.350. The molecule has 1 aromatic rings. The van der Waals surface area contributed by atoms with E-state index in [0.717, 1.165) is 6.34 Å². The summed E-state index contributed by atoms with van der Waals surface area (Å²) in [5.41, 5.74) is 1.77. The van der Waals surface area contributed by atoms with Crippen LogP contribution < -0.4 is 5.48 Å². The number of aliphatic imine (C=N–C) groups is 1. The highest BCUT2D eigenvalue weighted by atomic mass is 79.9. The third-order valence-corrected chi connectivity index (χ3v) is 1.87. The van der Waals surface area contributed by atoms with E-state index in [2.05, 4.69) is 25.9 Å². The second-order valence-corrected chi connectivity index (χ2v) is 3.07. The standard InChI is InChI=1S/C6H5BrClN3O/c7-4-1-2-5(8)11-6(4)9-3-10-12/h1-3,12H,(H,9,10,11). The Morgan fingerprint density at radius 2 is 2.42 bits per heavy atom. The van der Waals surface area contributed by atoms with Crippen molar-refractivity contribution in [2.24, 2.45) is 4.99 Å². The van der Waals surface area contributed by atoms with E-state index in [0.29, 0.717) is 15.4 Å². The van der Waals surface area contributed by atoms with Crippen molar-refractivity contribution >= 4 is 39.7 Å². The second-order valence-electron chi connectivity index (χ2n) is 1.83. The van der Waals surface area contributed by atoms with Crippen molar-refractivity contribution in [2.45, 2.75) is 0 Å². The van der Waals surface area contributed by atoms with Crippen molar-refractivity contribution in [3.05, 3.63) is 21.8 Å².